The molecule has 1 amide bonds. The summed E-state index contributed by atoms with van der Waals surface area (Å²) in [6, 6.07) is 5.84. The second-order valence-corrected chi connectivity index (χ2v) is 4.52. The van der Waals surface area contributed by atoms with Crippen molar-refractivity contribution in [2.24, 2.45) is 0 Å². The Balaban J connectivity index is 2.84. The second kappa shape index (κ2) is 6.60. The summed E-state index contributed by atoms with van der Waals surface area (Å²) in [5.74, 6) is -0.0267. The van der Waals surface area contributed by atoms with Gasteiger partial charge in [-0.05, 0) is 38.5 Å². The van der Waals surface area contributed by atoms with Crippen LogP contribution in [0, 0.1) is 5.82 Å². The zero-order valence-corrected chi connectivity index (χ0v) is 10.9. The number of alkyl halides is 1. The van der Waals surface area contributed by atoms with Gasteiger partial charge in [0.2, 0.25) is 0 Å². The maximum Gasteiger partial charge on any atom is 0.254 e. The van der Waals surface area contributed by atoms with Gasteiger partial charge in [-0.15, -0.1) is 11.6 Å². The van der Waals surface area contributed by atoms with Crippen LogP contribution < -0.4 is 0 Å². The fourth-order valence-corrected chi connectivity index (χ4v) is 1.73. The number of amides is 1. The van der Waals surface area contributed by atoms with Crippen LogP contribution in [0.5, 0.6) is 0 Å². The van der Waals surface area contributed by atoms with E-state index in [9.17, 15) is 9.18 Å². The highest BCUT2D eigenvalue weighted by Crippen LogP contribution is 2.11. The van der Waals surface area contributed by atoms with Crippen molar-refractivity contribution in [2.45, 2.75) is 26.3 Å². The standard InChI is InChI=1S/C13H17ClFNO/c1-10(2)16(8-4-7-14)13(17)11-5-3-6-12(15)9-11/h3,5-6,9-10H,4,7-8H2,1-2H3. The van der Waals surface area contributed by atoms with Crippen molar-refractivity contribution in [1.82, 2.24) is 4.90 Å². The molecule has 0 bridgehead atoms. The molecule has 0 spiro atoms. The van der Waals surface area contributed by atoms with Crippen LogP contribution in [0.4, 0.5) is 4.39 Å². The highest BCUT2D eigenvalue weighted by molar-refractivity contribution is 6.17. The third-order valence-corrected chi connectivity index (χ3v) is 2.76. The minimum atomic E-state index is -0.392. The predicted molar refractivity (Wildman–Crippen MR) is 67.9 cm³/mol. The summed E-state index contributed by atoms with van der Waals surface area (Å²) in [7, 11) is 0. The first-order chi connectivity index (χ1) is 8.06. The molecule has 0 aliphatic carbocycles. The van der Waals surface area contributed by atoms with Crippen molar-refractivity contribution in [3.8, 4) is 0 Å². The summed E-state index contributed by atoms with van der Waals surface area (Å²) >= 11 is 5.63. The Hall–Kier alpha value is -1.09. The number of hydrogen-bond acceptors (Lipinski definition) is 1. The van der Waals surface area contributed by atoms with Crippen LogP contribution in [0.1, 0.15) is 30.6 Å². The van der Waals surface area contributed by atoms with E-state index in [0.29, 0.717) is 18.0 Å². The lowest BCUT2D eigenvalue weighted by Crippen LogP contribution is -2.37. The Bertz CT molecular complexity index is 381. The number of rotatable bonds is 5. The summed E-state index contributed by atoms with van der Waals surface area (Å²) < 4.78 is 13.1. The summed E-state index contributed by atoms with van der Waals surface area (Å²) in [4.78, 5) is 13.9. The van der Waals surface area contributed by atoms with Crippen molar-refractivity contribution < 1.29 is 9.18 Å². The molecule has 2 nitrogen and oxygen atoms in total. The number of carbonyl (C=O) groups is 1. The highest BCUT2D eigenvalue weighted by Gasteiger charge is 2.18. The van der Waals surface area contributed by atoms with Gasteiger partial charge in [0.15, 0.2) is 0 Å². The summed E-state index contributed by atoms with van der Waals surface area (Å²) in [6.07, 6.45) is 0.737. The molecule has 94 valence electrons. The van der Waals surface area contributed by atoms with Crippen LogP contribution >= 0.6 is 11.6 Å². The molecule has 1 aromatic rings. The van der Waals surface area contributed by atoms with Crippen molar-refractivity contribution in [1.29, 1.82) is 0 Å². The number of benzene rings is 1. The maximum atomic E-state index is 13.1. The highest BCUT2D eigenvalue weighted by atomic mass is 35.5. The molecule has 0 aliphatic heterocycles. The third-order valence-electron chi connectivity index (χ3n) is 2.49. The first kappa shape index (κ1) is 14.0. The van der Waals surface area contributed by atoms with Crippen LogP contribution in [-0.4, -0.2) is 29.3 Å². The molecule has 0 fully saturated rings. The molecule has 4 heteroatoms. The lowest BCUT2D eigenvalue weighted by molar-refractivity contribution is 0.0706. The molecule has 0 aliphatic rings. The van der Waals surface area contributed by atoms with Crippen LogP contribution in [0.25, 0.3) is 0 Å². The van der Waals surface area contributed by atoms with Crippen LogP contribution in [0.2, 0.25) is 0 Å². The van der Waals surface area contributed by atoms with Gasteiger partial charge in [0, 0.05) is 24.0 Å². The van der Waals surface area contributed by atoms with Gasteiger partial charge in [-0.25, -0.2) is 4.39 Å². The van der Waals surface area contributed by atoms with Crippen LogP contribution in [-0.2, 0) is 0 Å². The molecule has 0 aromatic heterocycles. The molecule has 1 aromatic carbocycles. The SMILES string of the molecule is CC(C)N(CCCCl)C(=O)c1cccc(F)c1. The molecule has 0 N–H and O–H groups in total. The Morgan fingerprint density at radius 1 is 1.47 bits per heavy atom. The summed E-state index contributed by atoms with van der Waals surface area (Å²) in [5, 5.41) is 0. The van der Waals surface area contributed by atoms with Crippen molar-refractivity contribution in [2.75, 3.05) is 12.4 Å². The molecule has 0 heterocycles. The zero-order chi connectivity index (χ0) is 12.8. The van der Waals surface area contributed by atoms with Gasteiger partial charge >= 0.3 is 0 Å². The predicted octanol–water partition coefficient (Wildman–Crippen LogP) is 3.31. The molecule has 0 saturated carbocycles. The number of nitrogens with zero attached hydrogens (tertiary/aromatic N) is 1. The van der Waals surface area contributed by atoms with E-state index in [4.69, 9.17) is 11.6 Å². The van der Waals surface area contributed by atoms with E-state index >= 15 is 0 Å². The summed E-state index contributed by atoms with van der Waals surface area (Å²) in [5.41, 5.74) is 0.383. The quantitative estimate of drug-likeness (QED) is 0.741. The van der Waals surface area contributed by atoms with Crippen molar-refractivity contribution in [3.63, 3.8) is 0 Å². The Morgan fingerprint density at radius 3 is 2.71 bits per heavy atom. The fraction of sp³-hybridized carbons (Fsp3) is 0.462. The van der Waals surface area contributed by atoms with E-state index in [0.717, 1.165) is 6.42 Å². The number of hydrogen-bond donors (Lipinski definition) is 0. The molecule has 0 radical (unpaired) electrons. The van der Waals surface area contributed by atoms with Gasteiger partial charge in [0.25, 0.3) is 5.91 Å². The Labute approximate surface area is 106 Å². The zero-order valence-electron chi connectivity index (χ0n) is 10.1. The second-order valence-electron chi connectivity index (χ2n) is 4.15. The van der Waals surface area contributed by atoms with E-state index in [1.165, 1.54) is 12.1 Å². The first-order valence-corrected chi connectivity index (χ1v) is 6.22. The topological polar surface area (TPSA) is 20.3 Å². The minimum Gasteiger partial charge on any atom is -0.336 e. The minimum absolute atomic E-state index is 0.0778. The van der Waals surface area contributed by atoms with E-state index in [1.54, 1.807) is 17.0 Å². The fourth-order valence-electron chi connectivity index (χ4n) is 1.61. The van der Waals surface area contributed by atoms with E-state index in [2.05, 4.69) is 0 Å². The van der Waals surface area contributed by atoms with Crippen LogP contribution in [0.15, 0.2) is 24.3 Å². The van der Waals surface area contributed by atoms with Gasteiger partial charge in [-0.2, -0.15) is 0 Å². The van der Waals surface area contributed by atoms with Crippen molar-refractivity contribution >= 4 is 17.5 Å². The van der Waals surface area contributed by atoms with Gasteiger partial charge in [-0.3, -0.25) is 4.79 Å². The van der Waals surface area contributed by atoms with Gasteiger partial charge in [-0.1, -0.05) is 6.07 Å². The smallest absolute Gasteiger partial charge is 0.254 e. The third kappa shape index (κ3) is 4.00. The lowest BCUT2D eigenvalue weighted by atomic mass is 10.1. The normalized spacial score (nSPS) is 10.6. The monoisotopic (exact) mass is 257 g/mol. The molecule has 1 rings (SSSR count). The molecular formula is C13H17ClFNO. The molecule has 17 heavy (non-hydrogen) atoms. The van der Waals surface area contributed by atoms with Gasteiger partial charge in [0.1, 0.15) is 5.82 Å². The molecule has 0 saturated heterocycles. The average Bonchev–Trinajstić information content (AvgIpc) is 2.29. The Kier molecular flexibility index (Phi) is 5.42. The van der Waals surface area contributed by atoms with Crippen molar-refractivity contribution in [3.05, 3.63) is 35.6 Å². The van der Waals surface area contributed by atoms with Gasteiger partial charge < -0.3 is 4.90 Å². The van der Waals surface area contributed by atoms with Crippen LogP contribution in [0.3, 0.4) is 0 Å². The number of halogens is 2. The van der Waals surface area contributed by atoms with Gasteiger partial charge in [0.05, 0.1) is 0 Å². The maximum absolute atomic E-state index is 13.1. The number of carbonyl (C=O) groups excluding carboxylic acids is 1. The lowest BCUT2D eigenvalue weighted by Gasteiger charge is -2.26. The first-order valence-electron chi connectivity index (χ1n) is 5.68. The Morgan fingerprint density at radius 2 is 2.18 bits per heavy atom. The van der Waals surface area contributed by atoms with E-state index < -0.39 is 5.82 Å². The molecule has 0 atom stereocenters. The largest absolute Gasteiger partial charge is 0.336 e. The van der Waals surface area contributed by atoms with E-state index in [-0.39, 0.29) is 11.9 Å². The molecular weight excluding hydrogens is 241 g/mol. The molecule has 0 unspecified atom stereocenters. The average molecular weight is 258 g/mol. The van der Waals surface area contributed by atoms with E-state index in [1.807, 2.05) is 13.8 Å². The summed E-state index contributed by atoms with van der Waals surface area (Å²) in [6.45, 7) is 4.47.